The molecule has 0 radical (unpaired) electrons. The first-order chi connectivity index (χ1) is 7.59. The normalized spacial score (nSPS) is 9.56. The molecule has 0 spiro atoms. The number of aromatic nitrogens is 1. The van der Waals surface area contributed by atoms with Gasteiger partial charge in [-0.3, -0.25) is 9.78 Å². The fourth-order valence-electron chi connectivity index (χ4n) is 1.09. The number of amides is 2. The maximum absolute atomic E-state index is 11.4. The van der Waals surface area contributed by atoms with Gasteiger partial charge in [-0.05, 0) is 17.7 Å². The first-order valence-electron chi connectivity index (χ1n) is 4.69. The molecule has 1 rings (SSSR count). The summed E-state index contributed by atoms with van der Waals surface area (Å²) in [7, 11) is 1.43. The number of hydrogen-bond acceptors (Lipinski definition) is 3. The number of carbonyl (C=O) groups is 2. The third kappa shape index (κ3) is 3.95. The highest BCUT2D eigenvalue weighted by Crippen LogP contribution is 1.95. The monoisotopic (exact) mass is 223 g/mol. The van der Waals surface area contributed by atoms with E-state index in [1.807, 2.05) is 0 Å². The molecule has 1 aromatic heterocycles. The Hall–Kier alpha value is -2.11. The van der Waals surface area contributed by atoms with Crippen molar-refractivity contribution in [2.45, 2.75) is 6.54 Å². The SMILES string of the molecule is CN(CC(=O)O)C(=O)NCc1ccncc1. The van der Waals surface area contributed by atoms with Gasteiger partial charge in [0, 0.05) is 26.0 Å². The Morgan fingerprint density at radius 3 is 2.62 bits per heavy atom. The van der Waals surface area contributed by atoms with Gasteiger partial charge in [0.2, 0.25) is 0 Å². The Bertz CT molecular complexity index is 367. The summed E-state index contributed by atoms with van der Waals surface area (Å²) in [5.74, 6) is -1.04. The van der Waals surface area contributed by atoms with Crippen LogP contribution in [-0.4, -0.2) is 40.6 Å². The number of nitrogens with one attached hydrogen (secondary N) is 1. The molecule has 2 amide bonds. The first-order valence-corrected chi connectivity index (χ1v) is 4.69. The third-order valence-corrected chi connectivity index (χ3v) is 1.91. The highest BCUT2D eigenvalue weighted by Gasteiger charge is 2.10. The Morgan fingerprint density at radius 1 is 1.44 bits per heavy atom. The molecule has 0 saturated heterocycles. The number of carboxylic acids is 1. The second-order valence-corrected chi connectivity index (χ2v) is 3.26. The lowest BCUT2D eigenvalue weighted by atomic mass is 10.3. The Labute approximate surface area is 92.9 Å². The van der Waals surface area contributed by atoms with Crippen LogP contribution in [0, 0.1) is 0 Å². The lowest BCUT2D eigenvalue weighted by Crippen LogP contribution is -2.39. The quantitative estimate of drug-likeness (QED) is 0.769. The molecule has 1 aromatic rings. The van der Waals surface area contributed by atoms with Gasteiger partial charge in [0.05, 0.1) is 0 Å². The molecule has 0 unspecified atom stereocenters. The van der Waals surface area contributed by atoms with E-state index in [0.717, 1.165) is 10.5 Å². The average molecular weight is 223 g/mol. The van der Waals surface area contributed by atoms with Gasteiger partial charge in [-0.1, -0.05) is 0 Å². The van der Waals surface area contributed by atoms with Gasteiger partial charge in [0.15, 0.2) is 0 Å². The average Bonchev–Trinajstić information content (AvgIpc) is 2.26. The highest BCUT2D eigenvalue weighted by molar-refractivity contribution is 5.79. The van der Waals surface area contributed by atoms with E-state index < -0.39 is 12.0 Å². The van der Waals surface area contributed by atoms with Crippen molar-refractivity contribution < 1.29 is 14.7 Å². The number of carboxylic acid groups (broad SMARTS) is 1. The molecule has 0 atom stereocenters. The number of hydrogen-bond donors (Lipinski definition) is 2. The minimum Gasteiger partial charge on any atom is -0.480 e. The molecule has 2 N–H and O–H groups in total. The number of nitrogens with zero attached hydrogens (tertiary/aromatic N) is 2. The van der Waals surface area contributed by atoms with Crippen molar-refractivity contribution in [3.8, 4) is 0 Å². The summed E-state index contributed by atoms with van der Waals surface area (Å²) in [5.41, 5.74) is 0.909. The van der Waals surface area contributed by atoms with Crippen molar-refractivity contribution in [1.29, 1.82) is 0 Å². The Morgan fingerprint density at radius 2 is 2.06 bits per heavy atom. The van der Waals surface area contributed by atoms with E-state index in [4.69, 9.17) is 5.11 Å². The van der Waals surface area contributed by atoms with Crippen LogP contribution < -0.4 is 5.32 Å². The van der Waals surface area contributed by atoms with E-state index in [-0.39, 0.29) is 6.54 Å². The molecule has 0 saturated carbocycles. The molecule has 1 heterocycles. The third-order valence-electron chi connectivity index (χ3n) is 1.91. The van der Waals surface area contributed by atoms with Crippen LogP contribution in [0.15, 0.2) is 24.5 Å². The van der Waals surface area contributed by atoms with Gasteiger partial charge in [-0.15, -0.1) is 0 Å². The predicted molar refractivity (Wildman–Crippen MR) is 56.7 cm³/mol. The van der Waals surface area contributed by atoms with Crippen LogP contribution in [0.25, 0.3) is 0 Å². The zero-order chi connectivity index (χ0) is 12.0. The van der Waals surface area contributed by atoms with Crippen LogP contribution in [0.1, 0.15) is 5.56 Å². The molecule has 6 nitrogen and oxygen atoms in total. The van der Waals surface area contributed by atoms with Crippen molar-refractivity contribution in [2.75, 3.05) is 13.6 Å². The van der Waals surface area contributed by atoms with E-state index in [9.17, 15) is 9.59 Å². The summed E-state index contributed by atoms with van der Waals surface area (Å²) in [4.78, 5) is 26.7. The molecule has 6 heteroatoms. The molecule has 0 aliphatic heterocycles. The predicted octanol–water partition coefficient (Wildman–Crippen LogP) is 0.308. The van der Waals surface area contributed by atoms with Crippen molar-refractivity contribution in [3.63, 3.8) is 0 Å². The van der Waals surface area contributed by atoms with Crippen molar-refractivity contribution in [1.82, 2.24) is 15.2 Å². The molecule has 0 aliphatic carbocycles. The number of carbonyl (C=O) groups excluding carboxylic acids is 1. The van der Waals surface area contributed by atoms with Gasteiger partial charge in [0.25, 0.3) is 0 Å². The second-order valence-electron chi connectivity index (χ2n) is 3.26. The summed E-state index contributed by atoms with van der Waals surface area (Å²) < 4.78 is 0. The molecular formula is C10H13N3O3. The fourth-order valence-corrected chi connectivity index (χ4v) is 1.09. The number of urea groups is 1. The minimum atomic E-state index is -1.04. The summed E-state index contributed by atoms with van der Waals surface area (Å²) >= 11 is 0. The van der Waals surface area contributed by atoms with E-state index in [2.05, 4.69) is 10.3 Å². The number of likely N-dealkylation sites (N-methyl/N-ethyl adjacent to an activating group) is 1. The topological polar surface area (TPSA) is 82.5 Å². The summed E-state index contributed by atoms with van der Waals surface area (Å²) in [5, 5.41) is 11.1. The van der Waals surface area contributed by atoms with Crippen LogP contribution in [0.5, 0.6) is 0 Å². The fraction of sp³-hybridized carbons (Fsp3) is 0.300. The first kappa shape index (κ1) is 12.0. The highest BCUT2D eigenvalue weighted by atomic mass is 16.4. The van der Waals surface area contributed by atoms with Crippen LogP contribution >= 0.6 is 0 Å². The largest absolute Gasteiger partial charge is 0.480 e. The van der Waals surface area contributed by atoms with E-state index in [0.29, 0.717) is 6.54 Å². The van der Waals surface area contributed by atoms with Crippen LogP contribution in [0.4, 0.5) is 4.79 Å². The van der Waals surface area contributed by atoms with Crippen molar-refractivity contribution >= 4 is 12.0 Å². The van der Waals surface area contributed by atoms with Crippen molar-refractivity contribution in [3.05, 3.63) is 30.1 Å². The smallest absolute Gasteiger partial charge is 0.323 e. The summed E-state index contributed by atoms with van der Waals surface area (Å²) in [6.45, 7) is 0.0352. The molecular weight excluding hydrogens is 210 g/mol. The van der Waals surface area contributed by atoms with Crippen LogP contribution in [0.3, 0.4) is 0 Å². The van der Waals surface area contributed by atoms with Crippen LogP contribution in [-0.2, 0) is 11.3 Å². The van der Waals surface area contributed by atoms with Crippen LogP contribution in [0.2, 0.25) is 0 Å². The van der Waals surface area contributed by atoms with Gasteiger partial charge < -0.3 is 15.3 Å². The minimum absolute atomic E-state index is 0.317. The molecule has 0 fully saturated rings. The molecule has 16 heavy (non-hydrogen) atoms. The van der Waals surface area contributed by atoms with E-state index in [1.54, 1.807) is 24.5 Å². The Balaban J connectivity index is 2.38. The molecule has 86 valence electrons. The zero-order valence-electron chi connectivity index (χ0n) is 8.88. The van der Waals surface area contributed by atoms with Gasteiger partial charge in [0.1, 0.15) is 6.54 Å². The van der Waals surface area contributed by atoms with Gasteiger partial charge in [-0.2, -0.15) is 0 Å². The number of aliphatic carboxylic acids is 1. The van der Waals surface area contributed by atoms with Gasteiger partial charge in [-0.25, -0.2) is 4.79 Å². The number of pyridine rings is 1. The standard InChI is InChI=1S/C10H13N3O3/c1-13(7-9(14)15)10(16)12-6-8-2-4-11-5-3-8/h2-5H,6-7H2,1H3,(H,12,16)(H,14,15). The maximum atomic E-state index is 11.4. The molecule has 0 aromatic carbocycles. The van der Waals surface area contributed by atoms with E-state index in [1.165, 1.54) is 7.05 Å². The second kappa shape index (κ2) is 5.69. The van der Waals surface area contributed by atoms with Crippen molar-refractivity contribution in [2.24, 2.45) is 0 Å². The van der Waals surface area contributed by atoms with Gasteiger partial charge >= 0.3 is 12.0 Å². The summed E-state index contributed by atoms with van der Waals surface area (Å²) in [6, 6.07) is 3.13. The van der Waals surface area contributed by atoms with E-state index >= 15 is 0 Å². The number of rotatable bonds is 4. The maximum Gasteiger partial charge on any atom is 0.323 e. The molecule has 0 bridgehead atoms. The molecule has 0 aliphatic rings. The summed E-state index contributed by atoms with van der Waals surface area (Å²) in [6.07, 6.45) is 3.25. The Kier molecular flexibility index (Phi) is 4.26. The zero-order valence-corrected chi connectivity index (χ0v) is 8.88. The lowest BCUT2D eigenvalue weighted by molar-refractivity contribution is -0.137. The lowest BCUT2D eigenvalue weighted by Gasteiger charge is -2.15.